The van der Waals surface area contributed by atoms with Gasteiger partial charge in [-0.25, -0.2) is 4.39 Å². The lowest BCUT2D eigenvalue weighted by Crippen LogP contribution is -2.36. The fourth-order valence-electron chi connectivity index (χ4n) is 4.44. The van der Waals surface area contributed by atoms with Crippen molar-refractivity contribution in [2.75, 3.05) is 0 Å². The molecule has 0 amide bonds. The molecule has 0 saturated heterocycles. The number of halogens is 4. The molecule has 5 nitrogen and oxygen atoms in total. The molecule has 2 aromatic heterocycles. The molecular weight excluding hydrogens is 474 g/mol. The summed E-state index contributed by atoms with van der Waals surface area (Å²) in [5, 5.41) is 4.30. The third-order valence-electron chi connectivity index (χ3n) is 6.73. The minimum absolute atomic E-state index is 0.119. The van der Waals surface area contributed by atoms with Crippen molar-refractivity contribution in [1.29, 1.82) is 0 Å². The average molecular weight is 497 g/mol. The van der Waals surface area contributed by atoms with E-state index >= 15 is 0 Å². The van der Waals surface area contributed by atoms with Gasteiger partial charge in [-0.15, -0.1) is 0 Å². The topological polar surface area (TPSA) is 64.4 Å². The van der Waals surface area contributed by atoms with Gasteiger partial charge in [0.25, 0.3) is 0 Å². The van der Waals surface area contributed by atoms with Gasteiger partial charge in [-0.2, -0.15) is 13.2 Å². The van der Waals surface area contributed by atoms with Crippen LogP contribution in [0.5, 0.6) is 0 Å². The highest BCUT2D eigenvalue weighted by atomic mass is 19.4. The highest BCUT2D eigenvalue weighted by molar-refractivity contribution is 6.06. The van der Waals surface area contributed by atoms with E-state index in [0.29, 0.717) is 29.9 Å². The molecule has 1 aliphatic carbocycles. The Hall–Kier alpha value is -3.62. The highest BCUT2D eigenvalue weighted by Gasteiger charge is 2.45. The molecule has 1 saturated carbocycles. The Morgan fingerprint density at radius 3 is 2.44 bits per heavy atom. The van der Waals surface area contributed by atoms with Crippen LogP contribution in [0, 0.1) is 12.7 Å². The lowest BCUT2D eigenvalue weighted by Gasteiger charge is -2.34. The second-order valence-electron chi connectivity index (χ2n) is 9.44. The summed E-state index contributed by atoms with van der Waals surface area (Å²) in [7, 11) is 0. The van der Waals surface area contributed by atoms with Crippen molar-refractivity contribution in [2.45, 2.75) is 57.2 Å². The van der Waals surface area contributed by atoms with Crippen molar-refractivity contribution in [2.24, 2.45) is 5.16 Å². The molecule has 1 aromatic carbocycles. The zero-order valence-electron chi connectivity index (χ0n) is 19.5. The number of rotatable bonds is 6. The molecule has 3 aromatic rings. The van der Waals surface area contributed by atoms with Crippen LogP contribution in [0.2, 0.25) is 0 Å². The first-order valence-corrected chi connectivity index (χ1v) is 11.7. The van der Waals surface area contributed by atoms with Gasteiger partial charge in [0.05, 0.1) is 22.7 Å². The zero-order valence-corrected chi connectivity index (χ0v) is 19.5. The van der Waals surface area contributed by atoms with Crippen LogP contribution >= 0.6 is 0 Å². The van der Waals surface area contributed by atoms with Gasteiger partial charge in [0, 0.05) is 41.9 Å². The largest absolute Gasteiger partial charge is 0.417 e. The second-order valence-corrected chi connectivity index (χ2v) is 9.44. The summed E-state index contributed by atoms with van der Waals surface area (Å²) >= 11 is 0. The Balaban J connectivity index is 1.41. The fraction of sp³-hybridized carbons (Fsp3) is 0.333. The molecule has 0 bridgehead atoms. The third-order valence-corrected chi connectivity index (χ3v) is 6.73. The van der Waals surface area contributed by atoms with E-state index < -0.39 is 17.6 Å². The summed E-state index contributed by atoms with van der Waals surface area (Å²) in [6, 6.07) is 9.57. The van der Waals surface area contributed by atoms with Gasteiger partial charge in [-0.3, -0.25) is 14.8 Å². The van der Waals surface area contributed by atoms with Crippen molar-refractivity contribution >= 4 is 11.5 Å². The van der Waals surface area contributed by atoms with Crippen LogP contribution in [0.3, 0.4) is 0 Å². The van der Waals surface area contributed by atoms with Crippen molar-refractivity contribution in [3.63, 3.8) is 0 Å². The fourth-order valence-corrected chi connectivity index (χ4v) is 4.44. The van der Waals surface area contributed by atoms with Gasteiger partial charge in [0.15, 0.2) is 5.78 Å². The minimum Gasteiger partial charge on any atom is -0.389 e. The van der Waals surface area contributed by atoms with Crippen LogP contribution < -0.4 is 0 Å². The van der Waals surface area contributed by atoms with E-state index in [1.54, 1.807) is 18.3 Å². The molecule has 0 N–H and O–H groups in total. The molecule has 1 spiro atoms. The van der Waals surface area contributed by atoms with Crippen molar-refractivity contribution in [3.8, 4) is 11.3 Å². The predicted octanol–water partition coefficient (Wildman–Crippen LogP) is 6.47. The number of ketones is 1. The summed E-state index contributed by atoms with van der Waals surface area (Å²) < 4.78 is 52.6. The van der Waals surface area contributed by atoms with E-state index in [2.05, 4.69) is 15.1 Å². The molecule has 3 heterocycles. The third kappa shape index (κ3) is 4.87. The van der Waals surface area contributed by atoms with Crippen molar-refractivity contribution in [3.05, 3.63) is 82.6 Å². The predicted molar refractivity (Wildman–Crippen MR) is 125 cm³/mol. The van der Waals surface area contributed by atoms with Gasteiger partial charge in [0.2, 0.25) is 0 Å². The monoisotopic (exact) mass is 497 g/mol. The first-order chi connectivity index (χ1) is 17.1. The van der Waals surface area contributed by atoms with Crippen molar-refractivity contribution in [1.82, 2.24) is 9.97 Å². The van der Waals surface area contributed by atoms with Crippen molar-refractivity contribution < 1.29 is 27.2 Å². The number of Topliss-reactive ketones (excluding diaryl/α,β-unsaturated/α-hetero) is 1. The molecule has 0 unspecified atom stereocenters. The molecule has 5 rings (SSSR count). The SMILES string of the molecule is Cc1ccc(-c2cc(C(=O)CCc3ncc(C(F)(F)F)cc3F)cc(C3=NOC4(CCC4)C3)c2)nc1. The van der Waals surface area contributed by atoms with Gasteiger partial charge in [-0.1, -0.05) is 11.2 Å². The van der Waals surface area contributed by atoms with Gasteiger partial charge < -0.3 is 4.84 Å². The number of aryl methyl sites for hydroxylation is 2. The van der Waals surface area contributed by atoms with Crippen LogP contribution in [-0.2, 0) is 17.4 Å². The first kappa shape index (κ1) is 24.1. The van der Waals surface area contributed by atoms with E-state index in [4.69, 9.17) is 4.84 Å². The average Bonchev–Trinajstić information content (AvgIpc) is 3.29. The maximum absolute atomic E-state index is 14.2. The zero-order chi connectivity index (χ0) is 25.5. The Kier molecular flexibility index (Phi) is 6.10. The first-order valence-electron chi connectivity index (χ1n) is 11.7. The minimum atomic E-state index is -4.69. The number of hydrogen-bond acceptors (Lipinski definition) is 5. The molecule has 1 fully saturated rings. The number of hydrogen-bond donors (Lipinski definition) is 0. The number of carbonyl (C=O) groups excluding carboxylic acids is 1. The summed E-state index contributed by atoms with van der Waals surface area (Å²) in [6.07, 6.45) is 1.02. The number of carbonyl (C=O) groups is 1. The normalized spacial score (nSPS) is 16.4. The summed E-state index contributed by atoms with van der Waals surface area (Å²) in [5.41, 5.74) is 2.71. The van der Waals surface area contributed by atoms with Gasteiger partial charge in [0.1, 0.15) is 11.4 Å². The number of pyridine rings is 2. The lowest BCUT2D eigenvalue weighted by atomic mass is 9.76. The maximum atomic E-state index is 14.2. The van der Waals surface area contributed by atoms with E-state index in [9.17, 15) is 22.4 Å². The number of benzene rings is 1. The molecule has 0 atom stereocenters. The van der Waals surface area contributed by atoms with E-state index in [0.717, 1.165) is 41.7 Å². The Labute approximate surface area is 205 Å². The maximum Gasteiger partial charge on any atom is 0.417 e. The standard InChI is InChI=1S/C27H23F4N3O2/c1-16-3-4-22(32-14-16)17-9-18(24-13-26(36-34-24)7-2-8-26)11-19(10-17)25(35)6-5-23-21(28)12-20(15-33-23)27(29,30)31/h3-4,9-12,14-15H,2,5-8,13H2,1H3. The number of alkyl halides is 3. The summed E-state index contributed by atoms with van der Waals surface area (Å²) in [4.78, 5) is 26.9. The molecule has 186 valence electrons. The van der Waals surface area contributed by atoms with Crippen LogP contribution in [0.4, 0.5) is 17.6 Å². The molecule has 2 aliphatic rings. The molecular formula is C27H23F4N3O2. The van der Waals surface area contributed by atoms with Crippen LogP contribution in [0.15, 0.2) is 53.9 Å². The number of nitrogens with zero attached hydrogens (tertiary/aromatic N) is 3. The Bertz CT molecular complexity index is 1350. The van der Waals surface area contributed by atoms with Gasteiger partial charge >= 0.3 is 6.18 Å². The van der Waals surface area contributed by atoms with E-state index in [1.807, 2.05) is 25.1 Å². The van der Waals surface area contributed by atoms with Crippen LogP contribution in [0.25, 0.3) is 11.3 Å². The molecule has 1 aliphatic heterocycles. The Morgan fingerprint density at radius 1 is 1.06 bits per heavy atom. The van der Waals surface area contributed by atoms with E-state index in [-0.39, 0.29) is 29.9 Å². The Morgan fingerprint density at radius 2 is 1.83 bits per heavy atom. The van der Waals surface area contributed by atoms with Gasteiger partial charge in [-0.05, 0) is 68.5 Å². The molecule has 36 heavy (non-hydrogen) atoms. The lowest BCUT2D eigenvalue weighted by molar-refractivity contribution is -0.138. The quantitative estimate of drug-likeness (QED) is 0.289. The second kappa shape index (κ2) is 9.11. The highest BCUT2D eigenvalue weighted by Crippen LogP contribution is 2.43. The van der Waals surface area contributed by atoms with Crippen LogP contribution in [-0.4, -0.2) is 27.1 Å². The smallest absolute Gasteiger partial charge is 0.389 e. The number of aromatic nitrogens is 2. The number of oxime groups is 1. The van der Waals surface area contributed by atoms with E-state index in [1.165, 1.54) is 0 Å². The molecule has 9 heteroatoms. The molecule has 0 radical (unpaired) electrons. The van der Waals surface area contributed by atoms with Crippen LogP contribution in [0.1, 0.15) is 64.8 Å². The summed E-state index contributed by atoms with van der Waals surface area (Å²) in [5.74, 6) is -1.37. The summed E-state index contributed by atoms with van der Waals surface area (Å²) in [6.45, 7) is 1.93.